The number of halogens is 1. The van der Waals surface area contributed by atoms with E-state index in [9.17, 15) is 9.59 Å². The molecule has 1 amide bonds. The van der Waals surface area contributed by atoms with Gasteiger partial charge < -0.3 is 14.6 Å². The summed E-state index contributed by atoms with van der Waals surface area (Å²) in [4.78, 5) is 23.6. The summed E-state index contributed by atoms with van der Waals surface area (Å²) in [6, 6.07) is 1.76. The average Bonchev–Trinajstić information content (AvgIpc) is 2.96. The summed E-state index contributed by atoms with van der Waals surface area (Å²) in [5.41, 5.74) is 3.07. The SMILES string of the molecule is COC(=O)Cn1nc(C)c(CNC(=O)c2cc(Br)cn2C)c1C. The van der Waals surface area contributed by atoms with E-state index in [0.717, 1.165) is 21.4 Å². The fourth-order valence-corrected chi connectivity index (χ4v) is 2.86. The van der Waals surface area contributed by atoms with Gasteiger partial charge in [0.25, 0.3) is 5.91 Å². The second-order valence-electron chi connectivity index (χ2n) is 5.22. The minimum absolute atomic E-state index is 0.0574. The predicted molar refractivity (Wildman–Crippen MR) is 88.0 cm³/mol. The van der Waals surface area contributed by atoms with Gasteiger partial charge in [0.15, 0.2) is 0 Å². The van der Waals surface area contributed by atoms with Gasteiger partial charge in [0.05, 0.1) is 12.8 Å². The number of methoxy groups -OCH3 is 1. The molecule has 2 aromatic rings. The lowest BCUT2D eigenvalue weighted by Gasteiger charge is -2.07. The number of aromatic nitrogens is 3. The van der Waals surface area contributed by atoms with Gasteiger partial charge in [-0.05, 0) is 35.8 Å². The van der Waals surface area contributed by atoms with Crippen molar-refractivity contribution < 1.29 is 14.3 Å². The number of hydrogen-bond acceptors (Lipinski definition) is 4. The van der Waals surface area contributed by atoms with Gasteiger partial charge in [-0.25, -0.2) is 0 Å². The van der Waals surface area contributed by atoms with E-state index < -0.39 is 0 Å². The van der Waals surface area contributed by atoms with Gasteiger partial charge in [-0.3, -0.25) is 14.3 Å². The molecule has 0 aliphatic rings. The van der Waals surface area contributed by atoms with Crippen molar-refractivity contribution in [1.29, 1.82) is 0 Å². The van der Waals surface area contributed by atoms with Crippen LogP contribution in [0.4, 0.5) is 0 Å². The zero-order chi connectivity index (χ0) is 17.1. The monoisotopic (exact) mass is 382 g/mol. The maximum atomic E-state index is 12.3. The van der Waals surface area contributed by atoms with Crippen LogP contribution in [0.5, 0.6) is 0 Å². The topological polar surface area (TPSA) is 78.2 Å². The molecular weight excluding hydrogens is 364 g/mol. The van der Waals surface area contributed by atoms with Crippen LogP contribution < -0.4 is 5.32 Å². The van der Waals surface area contributed by atoms with E-state index in [-0.39, 0.29) is 18.4 Å². The Bertz CT molecular complexity index is 748. The van der Waals surface area contributed by atoms with Crippen LogP contribution in [0.2, 0.25) is 0 Å². The normalized spacial score (nSPS) is 10.7. The summed E-state index contributed by atoms with van der Waals surface area (Å²) in [6.45, 7) is 4.12. The van der Waals surface area contributed by atoms with Crippen molar-refractivity contribution in [3.05, 3.63) is 39.4 Å². The first kappa shape index (κ1) is 17.3. The van der Waals surface area contributed by atoms with Crippen LogP contribution in [-0.2, 0) is 29.7 Å². The standard InChI is InChI=1S/C15H19BrN4O3/c1-9-12(10(2)20(18-9)8-14(21)23-4)6-17-15(22)13-5-11(16)7-19(13)3/h5,7H,6,8H2,1-4H3,(H,17,22). The molecule has 2 aromatic heterocycles. The molecule has 0 aromatic carbocycles. The molecule has 0 aliphatic heterocycles. The molecule has 0 aliphatic carbocycles. The minimum atomic E-state index is -0.361. The Morgan fingerprint density at radius 1 is 1.39 bits per heavy atom. The van der Waals surface area contributed by atoms with Crippen LogP contribution in [0.15, 0.2) is 16.7 Å². The van der Waals surface area contributed by atoms with E-state index in [0.29, 0.717) is 12.2 Å². The lowest BCUT2D eigenvalue weighted by atomic mass is 10.2. The van der Waals surface area contributed by atoms with Crippen LogP contribution in [0.1, 0.15) is 27.4 Å². The third-order valence-corrected chi connectivity index (χ3v) is 4.10. The van der Waals surface area contributed by atoms with E-state index >= 15 is 0 Å². The number of nitrogens with zero attached hydrogens (tertiary/aromatic N) is 3. The zero-order valence-electron chi connectivity index (χ0n) is 13.5. The lowest BCUT2D eigenvalue weighted by molar-refractivity contribution is -0.141. The van der Waals surface area contributed by atoms with E-state index in [1.54, 1.807) is 15.3 Å². The summed E-state index contributed by atoms with van der Waals surface area (Å²) in [5.74, 6) is -0.530. The Labute approximate surface area is 142 Å². The van der Waals surface area contributed by atoms with Crippen LogP contribution in [0.3, 0.4) is 0 Å². The van der Waals surface area contributed by atoms with Crippen molar-refractivity contribution in [2.75, 3.05) is 7.11 Å². The number of esters is 1. The highest BCUT2D eigenvalue weighted by Gasteiger charge is 2.16. The molecule has 0 radical (unpaired) electrons. The molecule has 0 saturated carbocycles. The number of carbonyl (C=O) groups is 2. The molecule has 0 bridgehead atoms. The fourth-order valence-electron chi connectivity index (χ4n) is 2.34. The van der Waals surface area contributed by atoms with Gasteiger partial charge in [0.2, 0.25) is 0 Å². The van der Waals surface area contributed by atoms with E-state index in [1.807, 2.05) is 27.1 Å². The smallest absolute Gasteiger partial charge is 0.327 e. The second kappa shape index (κ2) is 6.99. The van der Waals surface area contributed by atoms with Crippen molar-refractivity contribution in [2.24, 2.45) is 7.05 Å². The lowest BCUT2D eigenvalue weighted by Crippen LogP contribution is -2.25. The average molecular weight is 383 g/mol. The molecule has 0 atom stereocenters. The predicted octanol–water partition coefficient (Wildman–Crippen LogP) is 1.70. The van der Waals surface area contributed by atoms with Crippen molar-refractivity contribution in [3.8, 4) is 0 Å². The molecule has 0 spiro atoms. The van der Waals surface area contributed by atoms with Gasteiger partial charge in [-0.2, -0.15) is 5.10 Å². The van der Waals surface area contributed by atoms with Gasteiger partial charge in [-0.1, -0.05) is 0 Å². The molecule has 2 rings (SSSR count). The maximum absolute atomic E-state index is 12.3. The van der Waals surface area contributed by atoms with Crippen molar-refractivity contribution in [2.45, 2.75) is 26.9 Å². The molecular formula is C15H19BrN4O3. The quantitative estimate of drug-likeness (QED) is 0.798. The summed E-state index contributed by atoms with van der Waals surface area (Å²) < 4.78 is 8.84. The van der Waals surface area contributed by atoms with Crippen LogP contribution >= 0.6 is 15.9 Å². The number of rotatable bonds is 5. The molecule has 0 fully saturated rings. The summed E-state index contributed by atoms with van der Waals surface area (Å²) >= 11 is 3.35. The van der Waals surface area contributed by atoms with Gasteiger partial charge in [0, 0.05) is 35.5 Å². The summed E-state index contributed by atoms with van der Waals surface area (Å²) in [6.07, 6.45) is 1.82. The fraction of sp³-hybridized carbons (Fsp3) is 0.400. The minimum Gasteiger partial charge on any atom is -0.468 e. The Morgan fingerprint density at radius 2 is 2.09 bits per heavy atom. The zero-order valence-corrected chi connectivity index (χ0v) is 15.1. The first-order chi connectivity index (χ1) is 10.8. The van der Waals surface area contributed by atoms with Crippen molar-refractivity contribution in [1.82, 2.24) is 19.7 Å². The van der Waals surface area contributed by atoms with E-state index in [4.69, 9.17) is 0 Å². The Kier molecular flexibility index (Phi) is 5.25. The van der Waals surface area contributed by atoms with Gasteiger partial charge in [0.1, 0.15) is 12.2 Å². The number of amides is 1. The van der Waals surface area contributed by atoms with Gasteiger partial charge in [-0.15, -0.1) is 0 Å². The molecule has 7 nitrogen and oxygen atoms in total. The number of nitrogens with one attached hydrogen (secondary N) is 1. The molecule has 2 heterocycles. The number of aryl methyl sites for hydroxylation is 2. The van der Waals surface area contributed by atoms with E-state index in [1.165, 1.54) is 7.11 Å². The molecule has 124 valence electrons. The third kappa shape index (κ3) is 3.82. The highest BCUT2D eigenvalue weighted by atomic mass is 79.9. The van der Waals surface area contributed by atoms with Gasteiger partial charge >= 0.3 is 5.97 Å². The molecule has 8 heteroatoms. The molecule has 23 heavy (non-hydrogen) atoms. The van der Waals surface area contributed by atoms with Crippen LogP contribution in [-0.4, -0.2) is 33.3 Å². The second-order valence-corrected chi connectivity index (χ2v) is 6.14. The largest absolute Gasteiger partial charge is 0.468 e. The maximum Gasteiger partial charge on any atom is 0.327 e. The molecule has 1 N–H and O–H groups in total. The Morgan fingerprint density at radius 3 is 2.65 bits per heavy atom. The number of hydrogen-bond donors (Lipinski definition) is 1. The molecule has 0 unspecified atom stereocenters. The third-order valence-electron chi connectivity index (χ3n) is 3.67. The first-order valence-corrected chi connectivity index (χ1v) is 7.82. The summed E-state index contributed by atoms with van der Waals surface area (Å²) in [7, 11) is 3.15. The van der Waals surface area contributed by atoms with Crippen LogP contribution in [0, 0.1) is 13.8 Å². The number of ether oxygens (including phenoxy) is 1. The van der Waals surface area contributed by atoms with E-state index in [2.05, 4.69) is 31.1 Å². The highest BCUT2D eigenvalue weighted by Crippen LogP contribution is 2.15. The highest BCUT2D eigenvalue weighted by molar-refractivity contribution is 9.10. The number of carbonyl (C=O) groups excluding carboxylic acids is 2. The first-order valence-electron chi connectivity index (χ1n) is 7.03. The Balaban J connectivity index is 2.10. The Hall–Kier alpha value is -2.09. The van der Waals surface area contributed by atoms with Crippen molar-refractivity contribution >= 4 is 27.8 Å². The van der Waals surface area contributed by atoms with Crippen molar-refractivity contribution in [3.63, 3.8) is 0 Å². The van der Waals surface area contributed by atoms with Crippen LogP contribution in [0.25, 0.3) is 0 Å². The summed E-state index contributed by atoms with van der Waals surface area (Å²) in [5, 5.41) is 7.20. The molecule has 0 saturated heterocycles.